The summed E-state index contributed by atoms with van der Waals surface area (Å²) in [6.07, 6.45) is 0. The predicted molar refractivity (Wildman–Crippen MR) is 71.2 cm³/mol. The van der Waals surface area contributed by atoms with E-state index >= 15 is 0 Å². The van der Waals surface area contributed by atoms with Crippen molar-refractivity contribution in [2.75, 3.05) is 26.4 Å². The van der Waals surface area contributed by atoms with E-state index in [1.54, 1.807) is 6.07 Å². The number of hydrogen-bond acceptors (Lipinski definition) is 4. The van der Waals surface area contributed by atoms with Crippen LogP contribution in [0.3, 0.4) is 0 Å². The summed E-state index contributed by atoms with van der Waals surface area (Å²) in [7, 11) is 0. The quantitative estimate of drug-likeness (QED) is 0.774. The van der Waals surface area contributed by atoms with E-state index < -0.39 is 0 Å². The number of hydrogen-bond donors (Lipinski definition) is 2. The molecular formula is C14H17NO4. The third-order valence-electron chi connectivity index (χ3n) is 2.67. The number of benzene rings is 1. The molecule has 0 aliphatic carbocycles. The van der Waals surface area contributed by atoms with Gasteiger partial charge in [-0.15, -0.1) is 0 Å². The minimum atomic E-state index is -0.263. The Morgan fingerprint density at radius 2 is 2.21 bits per heavy atom. The van der Waals surface area contributed by atoms with Gasteiger partial charge in [-0.1, -0.05) is 12.1 Å². The normalized spacial score (nSPS) is 10.8. The molecule has 0 radical (unpaired) electrons. The number of rotatable bonds is 6. The molecule has 19 heavy (non-hydrogen) atoms. The summed E-state index contributed by atoms with van der Waals surface area (Å²) in [6.45, 7) is 2.98. The van der Waals surface area contributed by atoms with Gasteiger partial charge in [0, 0.05) is 11.9 Å². The molecule has 0 unspecified atom stereocenters. The van der Waals surface area contributed by atoms with E-state index in [4.69, 9.17) is 14.3 Å². The highest BCUT2D eigenvalue weighted by Gasteiger charge is 2.11. The average molecular weight is 263 g/mol. The molecule has 2 rings (SSSR count). The Hall–Kier alpha value is -1.85. The fourth-order valence-electron chi connectivity index (χ4n) is 1.74. The van der Waals surface area contributed by atoms with E-state index in [0.717, 1.165) is 10.9 Å². The number of amides is 1. The van der Waals surface area contributed by atoms with Gasteiger partial charge in [0.1, 0.15) is 5.58 Å². The van der Waals surface area contributed by atoms with Crippen LogP contribution in [0.15, 0.2) is 28.7 Å². The maximum absolute atomic E-state index is 11.8. The number of carbonyl (C=O) groups is 1. The van der Waals surface area contributed by atoms with E-state index in [2.05, 4.69) is 5.32 Å². The van der Waals surface area contributed by atoms with Crippen LogP contribution >= 0.6 is 0 Å². The summed E-state index contributed by atoms with van der Waals surface area (Å²) in [5.41, 5.74) is 1.80. The van der Waals surface area contributed by atoms with Gasteiger partial charge < -0.3 is 19.6 Å². The Balaban J connectivity index is 1.94. The van der Waals surface area contributed by atoms with Crippen LogP contribution in [0.2, 0.25) is 0 Å². The first-order valence-corrected chi connectivity index (χ1v) is 6.17. The van der Waals surface area contributed by atoms with Gasteiger partial charge in [0.2, 0.25) is 0 Å². The van der Waals surface area contributed by atoms with Gasteiger partial charge in [-0.3, -0.25) is 4.79 Å². The maximum Gasteiger partial charge on any atom is 0.287 e. The summed E-state index contributed by atoms with van der Waals surface area (Å²) < 4.78 is 10.5. The molecule has 0 spiro atoms. The molecule has 0 atom stereocenters. The van der Waals surface area contributed by atoms with Gasteiger partial charge in [-0.05, 0) is 24.6 Å². The van der Waals surface area contributed by atoms with E-state index in [-0.39, 0.29) is 19.1 Å². The zero-order chi connectivity index (χ0) is 13.7. The standard InChI is InChI=1S/C14H17NO4/c1-10-2-3-11-9-13(19-12(11)8-10)14(17)15-4-6-18-7-5-16/h2-3,8-9,16H,4-7H2,1H3,(H,15,17). The van der Waals surface area contributed by atoms with Crippen LogP contribution in [-0.2, 0) is 4.74 Å². The number of aryl methyl sites for hydroxylation is 1. The van der Waals surface area contributed by atoms with Crippen molar-refractivity contribution in [3.63, 3.8) is 0 Å². The van der Waals surface area contributed by atoms with Gasteiger partial charge >= 0.3 is 0 Å². The number of aliphatic hydroxyl groups excluding tert-OH is 1. The van der Waals surface area contributed by atoms with Crippen molar-refractivity contribution in [1.29, 1.82) is 0 Å². The predicted octanol–water partition coefficient (Wildman–Crippen LogP) is 1.48. The van der Waals surface area contributed by atoms with Gasteiger partial charge in [0.25, 0.3) is 5.91 Å². The molecule has 1 aromatic heterocycles. The Morgan fingerprint density at radius 1 is 1.37 bits per heavy atom. The topological polar surface area (TPSA) is 71.7 Å². The summed E-state index contributed by atoms with van der Waals surface area (Å²) in [5, 5.41) is 12.1. The fraction of sp³-hybridized carbons (Fsp3) is 0.357. The van der Waals surface area contributed by atoms with Gasteiger partial charge in [0.15, 0.2) is 5.76 Å². The highest BCUT2D eigenvalue weighted by atomic mass is 16.5. The van der Waals surface area contributed by atoms with E-state index in [1.807, 2.05) is 25.1 Å². The first kappa shape index (κ1) is 13.6. The number of ether oxygens (including phenoxy) is 1. The van der Waals surface area contributed by atoms with Gasteiger partial charge in [-0.2, -0.15) is 0 Å². The van der Waals surface area contributed by atoms with Crippen LogP contribution in [-0.4, -0.2) is 37.4 Å². The molecule has 1 aromatic carbocycles. The average Bonchev–Trinajstić information content (AvgIpc) is 2.81. The zero-order valence-electron chi connectivity index (χ0n) is 10.8. The summed E-state index contributed by atoms with van der Waals surface area (Å²) in [6, 6.07) is 7.52. The largest absolute Gasteiger partial charge is 0.451 e. The Labute approximate surface area is 111 Å². The molecule has 0 saturated heterocycles. The smallest absolute Gasteiger partial charge is 0.287 e. The van der Waals surface area contributed by atoms with Crippen molar-refractivity contribution >= 4 is 16.9 Å². The lowest BCUT2D eigenvalue weighted by atomic mass is 10.2. The summed E-state index contributed by atoms with van der Waals surface area (Å²) in [5.74, 6) is 0.0317. The maximum atomic E-state index is 11.8. The molecular weight excluding hydrogens is 246 g/mol. The Morgan fingerprint density at radius 3 is 3.00 bits per heavy atom. The first-order chi connectivity index (χ1) is 9.20. The molecule has 0 fully saturated rings. The molecule has 0 bridgehead atoms. The fourth-order valence-corrected chi connectivity index (χ4v) is 1.74. The molecule has 1 amide bonds. The van der Waals surface area contributed by atoms with Crippen LogP contribution in [0.4, 0.5) is 0 Å². The van der Waals surface area contributed by atoms with Crippen molar-refractivity contribution in [3.8, 4) is 0 Å². The second-order valence-electron chi connectivity index (χ2n) is 4.24. The summed E-state index contributed by atoms with van der Waals surface area (Å²) >= 11 is 0. The second-order valence-corrected chi connectivity index (χ2v) is 4.24. The Bertz CT molecular complexity index is 562. The molecule has 5 heteroatoms. The van der Waals surface area contributed by atoms with Crippen LogP contribution in [0.25, 0.3) is 11.0 Å². The molecule has 0 saturated carbocycles. The molecule has 2 N–H and O–H groups in total. The van der Waals surface area contributed by atoms with Crippen molar-refractivity contribution in [2.45, 2.75) is 6.92 Å². The first-order valence-electron chi connectivity index (χ1n) is 6.17. The number of furan rings is 1. The number of aliphatic hydroxyl groups is 1. The number of fused-ring (bicyclic) bond motifs is 1. The van der Waals surface area contributed by atoms with Crippen LogP contribution in [0.5, 0.6) is 0 Å². The third-order valence-corrected chi connectivity index (χ3v) is 2.67. The third kappa shape index (κ3) is 3.56. The second kappa shape index (κ2) is 6.36. The molecule has 1 heterocycles. The monoisotopic (exact) mass is 263 g/mol. The van der Waals surface area contributed by atoms with Crippen molar-refractivity contribution in [1.82, 2.24) is 5.32 Å². The SMILES string of the molecule is Cc1ccc2cc(C(=O)NCCOCCO)oc2c1. The van der Waals surface area contributed by atoms with Crippen LogP contribution in [0, 0.1) is 6.92 Å². The number of carbonyl (C=O) groups excluding carboxylic acids is 1. The lowest BCUT2D eigenvalue weighted by molar-refractivity contribution is 0.0823. The van der Waals surface area contributed by atoms with Crippen molar-refractivity contribution in [3.05, 3.63) is 35.6 Å². The molecule has 5 nitrogen and oxygen atoms in total. The van der Waals surface area contributed by atoms with Gasteiger partial charge in [-0.25, -0.2) is 0 Å². The lowest BCUT2D eigenvalue weighted by Crippen LogP contribution is -2.27. The minimum absolute atomic E-state index is 0.0170. The molecule has 2 aromatic rings. The van der Waals surface area contributed by atoms with Crippen molar-refractivity contribution < 1.29 is 19.1 Å². The van der Waals surface area contributed by atoms with Crippen LogP contribution < -0.4 is 5.32 Å². The van der Waals surface area contributed by atoms with Crippen LogP contribution in [0.1, 0.15) is 16.1 Å². The number of nitrogens with one attached hydrogen (secondary N) is 1. The molecule has 0 aliphatic rings. The highest BCUT2D eigenvalue weighted by Crippen LogP contribution is 2.20. The lowest BCUT2D eigenvalue weighted by Gasteiger charge is -2.03. The zero-order valence-corrected chi connectivity index (χ0v) is 10.8. The van der Waals surface area contributed by atoms with E-state index in [9.17, 15) is 4.79 Å². The molecule has 102 valence electrons. The van der Waals surface area contributed by atoms with E-state index in [0.29, 0.717) is 24.5 Å². The van der Waals surface area contributed by atoms with E-state index in [1.165, 1.54) is 0 Å². The Kier molecular flexibility index (Phi) is 4.54. The highest BCUT2D eigenvalue weighted by molar-refractivity contribution is 5.96. The van der Waals surface area contributed by atoms with Crippen molar-refractivity contribution in [2.24, 2.45) is 0 Å². The summed E-state index contributed by atoms with van der Waals surface area (Å²) in [4.78, 5) is 11.8. The van der Waals surface area contributed by atoms with Gasteiger partial charge in [0.05, 0.1) is 19.8 Å². The minimum Gasteiger partial charge on any atom is -0.451 e. The molecule has 0 aliphatic heterocycles.